The molecule has 2 aromatic heterocycles. The van der Waals surface area contributed by atoms with Crippen LogP contribution >= 0.6 is 24.0 Å². The standard InChI is InChI=1S/C28H37N5O4S2/c1-4-6-7-8-9-10-13-33-26(35)22(39-28(33)38)19-21-24(29-23-20(3)12-11-14-32(23)25(21)34)30-15-17-31(18-16-30)27(36)37-5-2/h11-12,14,19H,4-10,13,15-18H2,1-3H3/b22-19+. The van der Waals surface area contributed by atoms with Gasteiger partial charge in [-0.25, -0.2) is 9.78 Å². The highest BCUT2D eigenvalue weighted by Gasteiger charge is 2.33. The molecule has 2 aromatic rings. The second kappa shape index (κ2) is 13.4. The van der Waals surface area contributed by atoms with Gasteiger partial charge < -0.3 is 14.5 Å². The molecule has 4 heterocycles. The molecule has 0 unspecified atom stereocenters. The lowest BCUT2D eigenvalue weighted by molar-refractivity contribution is -0.122. The van der Waals surface area contributed by atoms with Crippen molar-refractivity contribution in [2.75, 3.05) is 44.2 Å². The molecular formula is C28H37N5O4S2. The number of anilines is 1. The predicted octanol–water partition coefficient (Wildman–Crippen LogP) is 4.84. The Hall–Kier alpha value is -2.92. The molecule has 210 valence electrons. The average molecular weight is 572 g/mol. The second-order valence-corrected chi connectivity index (χ2v) is 11.5. The Balaban J connectivity index is 1.61. The van der Waals surface area contributed by atoms with Gasteiger partial charge in [-0.05, 0) is 38.0 Å². The van der Waals surface area contributed by atoms with Gasteiger partial charge in [0.15, 0.2) is 0 Å². The zero-order chi connectivity index (χ0) is 27.9. The van der Waals surface area contributed by atoms with E-state index in [4.69, 9.17) is 21.9 Å². The van der Waals surface area contributed by atoms with Gasteiger partial charge in [0.1, 0.15) is 15.8 Å². The van der Waals surface area contributed by atoms with E-state index in [-0.39, 0.29) is 17.6 Å². The molecule has 0 aromatic carbocycles. The van der Waals surface area contributed by atoms with E-state index in [9.17, 15) is 14.4 Å². The first-order chi connectivity index (χ1) is 18.8. The van der Waals surface area contributed by atoms with Gasteiger partial charge in [0, 0.05) is 38.9 Å². The van der Waals surface area contributed by atoms with Crippen LogP contribution in [0.4, 0.5) is 10.6 Å². The van der Waals surface area contributed by atoms with Gasteiger partial charge >= 0.3 is 6.09 Å². The summed E-state index contributed by atoms with van der Waals surface area (Å²) in [7, 11) is 0. The molecule has 2 fully saturated rings. The molecule has 0 atom stereocenters. The Labute approximate surface area is 239 Å². The number of piperazine rings is 1. The predicted molar refractivity (Wildman–Crippen MR) is 160 cm³/mol. The lowest BCUT2D eigenvalue weighted by atomic mass is 10.1. The van der Waals surface area contributed by atoms with Crippen LogP contribution in [0.15, 0.2) is 28.0 Å². The monoisotopic (exact) mass is 571 g/mol. The van der Waals surface area contributed by atoms with Crippen LogP contribution in [-0.2, 0) is 9.53 Å². The van der Waals surface area contributed by atoms with Gasteiger partial charge in [0.2, 0.25) is 0 Å². The summed E-state index contributed by atoms with van der Waals surface area (Å²) in [5.41, 5.74) is 1.55. The maximum Gasteiger partial charge on any atom is 0.409 e. The quantitative estimate of drug-likeness (QED) is 0.227. The summed E-state index contributed by atoms with van der Waals surface area (Å²) in [6.07, 6.45) is 9.78. The first-order valence-corrected chi connectivity index (χ1v) is 15.0. The number of hydrogen-bond donors (Lipinski definition) is 0. The van der Waals surface area contributed by atoms with Crippen LogP contribution < -0.4 is 10.5 Å². The minimum Gasteiger partial charge on any atom is -0.450 e. The van der Waals surface area contributed by atoms with E-state index < -0.39 is 0 Å². The van der Waals surface area contributed by atoms with Crippen molar-refractivity contribution in [3.05, 3.63) is 44.7 Å². The summed E-state index contributed by atoms with van der Waals surface area (Å²) >= 11 is 6.78. The van der Waals surface area contributed by atoms with E-state index >= 15 is 0 Å². The number of hydrogen-bond acceptors (Lipinski definition) is 8. The first kappa shape index (κ1) is 29.1. The molecule has 11 heteroatoms. The number of fused-ring (bicyclic) bond motifs is 1. The lowest BCUT2D eigenvalue weighted by Crippen LogP contribution is -2.49. The van der Waals surface area contributed by atoms with E-state index in [1.165, 1.54) is 35.4 Å². The van der Waals surface area contributed by atoms with Crippen LogP contribution in [0, 0.1) is 6.92 Å². The van der Waals surface area contributed by atoms with Crippen LogP contribution in [0.25, 0.3) is 11.7 Å². The number of thiocarbonyl (C=S) groups is 1. The highest BCUT2D eigenvalue weighted by atomic mass is 32.2. The molecule has 39 heavy (non-hydrogen) atoms. The summed E-state index contributed by atoms with van der Waals surface area (Å²) < 4.78 is 7.19. The zero-order valence-electron chi connectivity index (χ0n) is 23.0. The van der Waals surface area contributed by atoms with Crippen LogP contribution in [0.1, 0.15) is 63.5 Å². The molecule has 0 saturated carbocycles. The summed E-state index contributed by atoms with van der Waals surface area (Å²) in [5, 5.41) is 0. The number of pyridine rings is 1. The minimum atomic E-state index is -0.339. The Morgan fingerprint density at radius 2 is 1.82 bits per heavy atom. The second-order valence-electron chi connectivity index (χ2n) is 9.81. The topological polar surface area (TPSA) is 87.5 Å². The largest absolute Gasteiger partial charge is 0.450 e. The van der Waals surface area contributed by atoms with Crippen molar-refractivity contribution in [1.82, 2.24) is 19.2 Å². The zero-order valence-corrected chi connectivity index (χ0v) is 24.6. The molecule has 0 spiro atoms. The Morgan fingerprint density at radius 3 is 2.54 bits per heavy atom. The molecule has 0 aliphatic carbocycles. The van der Waals surface area contributed by atoms with Gasteiger partial charge in [-0.2, -0.15) is 0 Å². The third-order valence-electron chi connectivity index (χ3n) is 7.05. The number of ether oxygens (including phenoxy) is 1. The summed E-state index contributed by atoms with van der Waals surface area (Å²) in [4.78, 5) is 49.9. The SMILES string of the molecule is CCCCCCCCN1C(=O)/C(=C\c2c(N3CCN(C(=O)OCC)CC3)nc3c(C)cccn3c2=O)SC1=S. The van der Waals surface area contributed by atoms with Crippen LogP contribution in [-0.4, -0.2) is 74.8 Å². The normalized spacial score (nSPS) is 17.1. The molecule has 4 rings (SSSR count). The van der Waals surface area contributed by atoms with Crippen molar-refractivity contribution in [1.29, 1.82) is 0 Å². The van der Waals surface area contributed by atoms with Crippen molar-refractivity contribution in [2.45, 2.75) is 59.3 Å². The molecule has 0 radical (unpaired) electrons. The summed E-state index contributed by atoms with van der Waals surface area (Å²) in [6.45, 7) is 8.69. The van der Waals surface area contributed by atoms with Crippen molar-refractivity contribution in [3.63, 3.8) is 0 Å². The van der Waals surface area contributed by atoms with Crippen molar-refractivity contribution < 1.29 is 14.3 Å². The van der Waals surface area contributed by atoms with Crippen LogP contribution in [0.2, 0.25) is 0 Å². The average Bonchev–Trinajstić information content (AvgIpc) is 3.20. The molecule has 2 aliphatic rings. The number of thioether (sulfide) groups is 1. The Morgan fingerprint density at radius 1 is 1.10 bits per heavy atom. The number of unbranched alkanes of at least 4 members (excludes halogenated alkanes) is 5. The third-order valence-corrected chi connectivity index (χ3v) is 8.43. The van der Waals surface area contributed by atoms with Crippen LogP contribution in [0.5, 0.6) is 0 Å². The number of carbonyl (C=O) groups excluding carboxylic acids is 2. The number of rotatable bonds is 10. The van der Waals surface area contributed by atoms with Crippen molar-refractivity contribution >= 4 is 57.8 Å². The maximum absolute atomic E-state index is 13.8. The van der Waals surface area contributed by atoms with Gasteiger partial charge in [-0.3, -0.25) is 18.9 Å². The smallest absolute Gasteiger partial charge is 0.409 e. The van der Waals surface area contributed by atoms with E-state index in [0.29, 0.717) is 65.6 Å². The van der Waals surface area contributed by atoms with Gasteiger partial charge in [0.25, 0.3) is 11.5 Å². The van der Waals surface area contributed by atoms with Gasteiger partial charge in [-0.1, -0.05) is 69.1 Å². The van der Waals surface area contributed by atoms with E-state index in [1.54, 1.807) is 29.0 Å². The molecule has 0 N–H and O–H groups in total. The van der Waals surface area contributed by atoms with Crippen LogP contribution in [0.3, 0.4) is 0 Å². The van der Waals surface area contributed by atoms with Crippen molar-refractivity contribution in [2.24, 2.45) is 0 Å². The minimum absolute atomic E-state index is 0.162. The van der Waals surface area contributed by atoms with Gasteiger partial charge in [0.05, 0.1) is 17.1 Å². The lowest BCUT2D eigenvalue weighted by Gasteiger charge is -2.35. The molecule has 2 saturated heterocycles. The molecule has 0 bridgehead atoms. The Bertz CT molecular complexity index is 1320. The number of nitrogens with zero attached hydrogens (tertiary/aromatic N) is 5. The van der Waals surface area contributed by atoms with E-state index in [0.717, 1.165) is 24.8 Å². The summed E-state index contributed by atoms with van der Waals surface area (Å²) in [6, 6.07) is 3.73. The summed E-state index contributed by atoms with van der Waals surface area (Å²) in [5.74, 6) is 0.351. The first-order valence-electron chi connectivity index (χ1n) is 13.8. The highest BCUT2D eigenvalue weighted by molar-refractivity contribution is 8.26. The number of amides is 2. The molecule has 2 aliphatic heterocycles. The highest BCUT2D eigenvalue weighted by Crippen LogP contribution is 2.34. The van der Waals surface area contributed by atoms with Crippen molar-refractivity contribution in [3.8, 4) is 0 Å². The third kappa shape index (κ3) is 6.63. The maximum atomic E-state index is 13.8. The van der Waals surface area contributed by atoms with E-state index in [1.807, 2.05) is 24.0 Å². The fourth-order valence-electron chi connectivity index (χ4n) is 4.86. The van der Waals surface area contributed by atoms with Gasteiger partial charge in [-0.15, -0.1) is 0 Å². The number of carbonyl (C=O) groups is 2. The Kier molecular flexibility index (Phi) is 10.0. The number of aromatic nitrogens is 2. The molecular weight excluding hydrogens is 534 g/mol. The van der Waals surface area contributed by atoms with E-state index in [2.05, 4.69) is 6.92 Å². The molecule has 9 nitrogen and oxygen atoms in total. The number of aryl methyl sites for hydroxylation is 1. The fraction of sp³-hybridized carbons (Fsp3) is 0.536. The molecule has 2 amide bonds. The fourth-order valence-corrected chi connectivity index (χ4v) is 6.15.